The number of rotatable bonds is 6. The minimum absolute atomic E-state index is 0.0484. The van der Waals surface area contributed by atoms with E-state index in [0.717, 1.165) is 16.8 Å². The van der Waals surface area contributed by atoms with Gasteiger partial charge >= 0.3 is 0 Å². The van der Waals surface area contributed by atoms with E-state index in [0.29, 0.717) is 12.2 Å². The molecule has 2 aromatic rings. The van der Waals surface area contributed by atoms with Gasteiger partial charge in [-0.05, 0) is 17.7 Å². The molecule has 0 saturated heterocycles. The summed E-state index contributed by atoms with van der Waals surface area (Å²) < 4.78 is 0. The van der Waals surface area contributed by atoms with Crippen molar-refractivity contribution in [1.29, 1.82) is 0 Å². The van der Waals surface area contributed by atoms with Gasteiger partial charge in [0.15, 0.2) is 0 Å². The van der Waals surface area contributed by atoms with Crippen LogP contribution in [-0.4, -0.2) is 17.1 Å². The first-order valence-electron chi connectivity index (χ1n) is 6.53. The maximum atomic E-state index is 11.0. The van der Waals surface area contributed by atoms with E-state index < -0.39 is 4.92 Å². The lowest BCUT2D eigenvalue weighted by Gasteiger charge is -2.11. The van der Waals surface area contributed by atoms with E-state index in [4.69, 9.17) is 0 Å². The van der Waals surface area contributed by atoms with Crippen molar-refractivity contribution in [1.82, 2.24) is 0 Å². The molecule has 2 aromatic carbocycles. The molecule has 0 aromatic heterocycles. The lowest BCUT2D eigenvalue weighted by Crippen LogP contribution is -2.04. The molecule has 110 valence electrons. The molecule has 6 heteroatoms. The molecular formula is C15H17N3O3. The van der Waals surface area contributed by atoms with Gasteiger partial charge in [0.1, 0.15) is 5.69 Å². The summed E-state index contributed by atoms with van der Waals surface area (Å²) in [4.78, 5) is 10.6. The largest absolute Gasteiger partial charge is 0.392 e. The van der Waals surface area contributed by atoms with Crippen molar-refractivity contribution in [2.24, 2.45) is 0 Å². The number of nitrogens with zero attached hydrogens (tertiary/aromatic N) is 1. The lowest BCUT2D eigenvalue weighted by molar-refractivity contribution is -0.384. The number of hydrogen-bond donors (Lipinski definition) is 3. The molecule has 0 aliphatic carbocycles. The summed E-state index contributed by atoms with van der Waals surface area (Å²) in [5.41, 5.74) is 2.94. The van der Waals surface area contributed by atoms with Crippen molar-refractivity contribution in [3.63, 3.8) is 0 Å². The first-order chi connectivity index (χ1) is 10.2. The summed E-state index contributed by atoms with van der Waals surface area (Å²) >= 11 is 0. The summed E-state index contributed by atoms with van der Waals surface area (Å²) in [5, 5.41) is 26.3. The summed E-state index contributed by atoms with van der Waals surface area (Å²) in [7, 11) is 1.65. The summed E-state index contributed by atoms with van der Waals surface area (Å²) in [6, 6.07) is 12.5. The zero-order chi connectivity index (χ0) is 15.2. The number of hydrogen-bond acceptors (Lipinski definition) is 5. The van der Waals surface area contributed by atoms with Crippen molar-refractivity contribution in [3.05, 3.63) is 63.7 Å². The molecule has 21 heavy (non-hydrogen) atoms. The molecule has 0 aliphatic rings. The maximum absolute atomic E-state index is 11.0. The number of aliphatic hydroxyl groups excluding tert-OH is 1. The van der Waals surface area contributed by atoms with Gasteiger partial charge in [-0.1, -0.05) is 24.3 Å². The molecule has 0 atom stereocenters. The highest BCUT2D eigenvalue weighted by atomic mass is 16.6. The van der Waals surface area contributed by atoms with Gasteiger partial charge in [-0.15, -0.1) is 0 Å². The van der Waals surface area contributed by atoms with Crippen LogP contribution >= 0.6 is 0 Å². The van der Waals surface area contributed by atoms with E-state index in [1.54, 1.807) is 19.2 Å². The Bertz CT molecular complexity index is 644. The molecule has 2 rings (SSSR count). The highest BCUT2D eigenvalue weighted by Crippen LogP contribution is 2.25. The van der Waals surface area contributed by atoms with Gasteiger partial charge in [0.25, 0.3) is 5.69 Å². The predicted molar refractivity (Wildman–Crippen MR) is 82.3 cm³/mol. The lowest BCUT2D eigenvalue weighted by atomic mass is 10.1. The molecule has 0 saturated carbocycles. The molecule has 0 bridgehead atoms. The third-order valence-electron chi connectivity index (χ3n) is 3.20. The maximum Gasteiger partial charge on any atom is 0.292 e. The Kier molecular flexibility index (Phi) is 4.73. The SMILES string of the molecule is CNc1ccc(CNc2ccccc2CO)cc1[N+](=O)[O-]. The van der Waals surface area contributed by atoms with Crippen LogP contribution in [0.2, 0.25) is 0 Å². The van der Waals surface area contributed by atoms with Gasteiger partial charge in [-0.25, -0.2) is 0 Å². The van der Waals surface area contributed by atoms with Gasteiger partial charge in [0.2, 0.25) is 0 Å². The van der Waals surface area contributed by atoms with Gasteiger partial charge in [-0.3, -0.25) is 10.1 Å². The van der Waals surface area contributed by atoms with Crippen LogP contribution in [-0.2, 0) is 13.2 Å². The third-order valence-corrected chi connectivity index (χ3v) is 3.20. The van der Waals surface area contributed by atoms with E-state index in [1.165, 1.54) is 0 Å². The quantitative estimate of drug-likeness (QED) is 0.561. The van der Waals surface area contributed by atoms with Gasteiger partial charge in [-0.2, -0.15) is 0 Å². The van der Waals surface area contributed by atoms with E-state index in [2.05, 4.69) is 10.6 Å². The molecule has 6 nitrogen and oxygen atoms in total. The monoisotopic (exact) mass is 287 g/mol. The summed E-state index contributed by atoms with van der Waals surface area (Å²) in [6.07, 6.45) is 0. The molecule has 0 amide bonds. The number of aliphatic hydroxyl groups is 1. The van der Waals surface area contributed by atoms with Crippen molar-refractivity contribution in [3.8, 4) is 0 Å². The minimum atomic E-state index is -0.406. The van der Waals surface area contributed by atoms with E-state index >= 15 is 0 Å². The normalized spacial score (nSPS) is 10.2. The van der Waals surface area contributed by atoms with Crippen molar-refractivity contribution in [2.75, 3.05) is 17.7 Å². The topological polar surface area (TPSA) is 87.4 Å². The van der Waals surface area contributed by atoms with Crippen LogP contribution in [0.1, 0.15) is 11.1 Å². The van der Waals surface area contributed by atoms with Gasteiger partial charge < -0.3 is 15.7 Å². The fraction of sp³-hybridized carbons (Fsp3) is 0.200. The number of nitrogens with one attached hydrogen (secondary N) is 2. The second kappa shape index (κ2) is 6.71. The third kappa shape index (κ3) is 3.49. The number of para-hydroxylation sites is 1. The Morgan fingerprint density at radius 1 is 1.19 bits per heavy atom. The Morgan fingerprint density at radius 3 is 2.62 bits per heavy atom. The number of benzene rings is 2. The minimum Gasteiger partial charge on any atom is -0.392 e. The summed E-state index contributed by atoms with van der Waals surface area (Å²) in [5.74, 6) is 0. The molecule has 3 N–H and O–H groups in total. The fourth-order valence-electron chi connectivity index (χ4n) is 2.08. The Labute approximate surface area is 122 Å². The van der Waals surface area contributed by atoms with Crippen LogP contribution in [0.3, 0.4) is 0 Å². The Morgan fingerprint density at radius 2 is 1.95 bits per heavy atom. The van der Waals surface area contributed by atoms with E-state index in [1.807, 2.05) is 30.3 Å². The molecule has 0 aliphatic heterocycles. The average molecular weight is 287 g/mol. The summed E-state index contributed by atoms with van der Waals surface area (Å²) in [6.45, 7) is 0.393. The van der Waals surface area contributed by atoms with Crippen LogP contribution in [0, 0.1) is 10.1 Å². The van der Waals surface area contributed by atoms with Crippen molar-refractivity contribution >= 4 is 17.1 Å². The zero-order valence-electron chi connectivity index (χ0n) is 11.7. The first kappa shape index (κ1) is 14.8. The fourth-order valence-corrected chi connectivity index (χ4v) is 2.08. The second-order valence-corrected chi connectivity index (χ2v) is 4.53. The molecule has 0 fully saturated rings. The first-order valence-corrected chi connectivity index (χ1v) is 6.53. The molecule has 0 spiro atoms. The molecule has 0 radical (unpaired) electrons. The zero-order valence-corrected chi connectivity index (χ0v) is 11.7. The van der Waals surface area contributed by atoms with E-state index in [9.17, 15) is 15.2 Å². The van der Waals surface area contributed by atoms with E-state index in [-0.39, 0.29) is 12.3 Å². The second-order valence-electron chi connectivity index (χ2n) is 4.53. The average Bonchev–Trinajstić information content (AvgIpc) is 2.52. The smallest absolute Gasteiger partial charge is 0.292 e. The highest BCUT2D eigenvalue weighted by molar-refractivity contribution is 5.62. The molecular weight excluding hydrogens is 270 g/mol. The van der Waals surface area contributed by atoms with Crippen LogP contribution in [0.5, 0.6) is 0 Å². The standard InChI is InChI=1S/C15H17N3O3/c1-16-14-7-6-11(8-15(14)18(20)21)9-17-13-5-3-2-4-12(13)10-19/h2-8,16-17,19H,9-10H2,1H3. The number of nitro groups is 1. The predicted octanol–water partition coefficient (Wildman–Crippen LogP) is 2.74. The van der Waals surface area contributed by atoms with Crippen LogP contribution in [0.4, 0.5) is 17.1 Å². The Balaban J connectivity index is 2.17. The van der Waals surface area contributed by atoms with Gasteiger partial charge in [0.05, 0.1) is 11.5 Å². The highest BCUT2D eigenvalue weighted by Gasteiger charge is 2.13. The van der Waals surface area contributed by atoms with Crippen molar-refractivity contribution in [2.45, 2.75) is 13.2 Å². The van der Waals surface area contributed by atoms with Crippen LogP contribution in [0.25, 0.3) is 0 Å². The van der Waals surface area contributed by atoms with Crippen LogP contribution in [0.15, 0.2) is 42.5 Å². The van der Waals surface area contributed by atoms with Gasteiger partial charge in [0, 0.05) is 30.9 Å². The number of anilines is 2. The number of nitro benzene ring substituents is 1. The van der Waals surface area contributed by atoms with Crippen LogP contribution < -0.4 is 10.6 Å². The Hall–Kier alpha value is -2.60. The van der Waals surface area contributed by atoms with Crippen molar-refractivity contribution < 1.29 is 10.0 Å². The molecule has 0 unspecified atom stereocenters. The molecule has 0 heterocycles.